The molecule has 4 nitrogen and oxygen atoms in total. The predicted octanol–water partition coefficient (Wildman–Crippen LogP) is 2.26. The van der Waals surface area contributed by atoms with Crippen molar-refractivity contribution < 1.29 is 13.2 Å². The molecule has 0 spiro atoms. The third kappa shape index (κ3) is 4.36. The van der Waals surface area contributed by atoms with Crippen molar-refractivity contribution in [2.45, 2.75) is 13.3 Å². The average Bonchev–Trinajstić information content (AvgIpc) is 2.30. The van der Waals surface area contributed by atoms with Gasteiger partial charge in [0.2, 0.25) is 10.0 Å². The van der Waals surface area contributed by atoms with Crippen LogP contribution < -0.4 is 4.72 Å². The van der Waals surface area contributed by atoms with Crippen molar-refractivity contribution in [2.24, 2.45) is 0 Å². The number of sulfonamides is 1. The Morgan fingerprint density at radius 3 is 2.35 bits per heavy atom. The number of anilines is 1. The summed E-state index contributed by atoms with van der Waals surface area (Å²) in [5.41, 5.74) is 0.986. The minimum atomic E-state index is -3.27. The van der Waals surface area contributed by atoms with Crippen molar-refractivity contribution in [1.82, 2.24) is 0 Å². The number of rotatable bonds is 6. The molecule has 1 aromatic carbocycles. The first-order chi connectivity index (χ1) is 7.98. The van der Waals surface area contributed by atoms with Gasteiger partial charge in [0, 0.05) is 23.6 Å². The summed E-state index contributed by atoms with van der Waals surface area (Å²) in [5, 5.41) is 0. The maximum Gasteiger partial charge on any atom is 0.232 e. The SMILES string of the molecule is CCS(=O)(=O)Nc1ccc(C(=O)CCCl)cc1. The highest BCUT2D eigenvalue weighted by Gasteiger charge is 2.08. The van der Waals surface area contributed by atoms with Gasteiger partial charge in [-0.3, -0.25) is 9.52 Å². The van der Waals surface area contributed by atoms with E-state index in [4.69, 9.17) is 11.6 Å². The van der Waals surface area contributed by atoms with Gasteiger partial charge >= 0.3 is 0 Å². The van der Waals surface area contributed by atoms with E-state index < -0.39 is 10.0 Å². The molecule has 0 heterocycles. The summed E-state index contributed by atoms with van der Waals surface area (Å²) in [4.78, 5) is 11.5. The van der Waals surface area contributed by atoms with Gasteiger partial charge in [0.1, 0.15) is 0 Å². The van der Waals surface area contributed by atoms with E-state index in [2.05, 4.69) is 4.72 Å². The van der Waals surface area contributed by atoms with E-state index in [1.165, 1.54) is 0 Å². The lowest BCUT2D eigenvalue weighted by Gasteiger charge is -2.06. The van der Waals surface area contributed by atoms with E-state index in [0.717, 1.165) is 0 Å². The molecule has 0 aliphatic carbocycles. The van der Waals surface area contributed by atoms with Crippen LogP contribution in [0.4, 0.5) is 5.69 Å². The highest BCUT2D eigenvalue weighted by molar-refractivity contribution is 7.92. The van der Waals surface area contributed by atoms with E-state index in [1.54, 1.807) is 31.2 Å². The second-order valence-corrected chi connectivity index (χ2v) is 5.83. The van der Waals surface area contributed by atoms with Crippen molar-refractivity contribution in [3.8, 4) is 0 Å². The first kappa shape index (κ1) is 14.0. The molecule has 0 radical (unpaired) electrons. The molecular weight excluding hydrogens is 262 g/mol. The molecule has 6 heteroatoms. The van der Waals surface area contributed by atoms with E-state index in [-0.39, 0.29) is 23.8 Å². The van der Waals surface area contributed by atoms with Crippen LogP contribution in [-0.4, -0.2) is 25.8 Å². The molecule has 0 fully saturated rings. The summed E-state index contributed by atoms with van der Waals surface area (Å²) in [6, 6.07) is 6.30. The van der Waals surface area contributed by atoms with Gasteiger partial charge in [-0.25, -0.2) is 8.42 Å². The third-order valence-electron chi connectivity index (χ3n) is 2.18. The highest BCUT2D eigenvalue weighted by Crippen LogP contribution is 2.13. The summed E-state index contributed by atoms with van der Waals surface area (Å²) in [5.74, 6) is 0.244. The third-order valence-corrected chi connectivity index (χ3v) is 3.68. The standard InChI is InChI=1S/C11H14ClNO3S/c1-2-17(15,16)13-10-5-3-9(4-6-10)11(14)7-8-12/h3-6,13H,2,7-8H2,1H3. The van der Waals surface area contributed by atoms with Crippen LogP contribution in [-0.2, 0) is 10.0 Å². The summed E-state index contributed by atoms with van der Waals surface area (Å²) < 4.78 is 25.0. The summed E-state index contributed by atoms with van der Waals surface area (Å²) in [7, 11) is -3.27. The Morgan fingerprint density at radius 2 is 1.88 bits per heavy atom. The molecule has 1 rings (SSSR count). The molecule has 1 N–H and O–H groups in total. The van der Waals surface area contributed by atoms with E-state index in [1.807, 2.05) is 0 Å². The highest BCUT2D eigenvalue weighted by atomic mass is 35.5. The largest absolute Gasteiger partial charge is 0.294 e. The minimum Gasteiger partial charge on any atom is -0.294 e. The van der Waals surface area contributed by atoms with Crippen LogP contribution in [0.15, 0.2) is 24.3 Å². The zero-order valence-electron chi connectivity index (χ0n) is 9.44. The molecule has 0 bridgehead atoms. The van der Waals surface area contributed by atoms with Gasteiger partial charge in [0.15, 0.2) is 5.78 Å². The molecule has 0 saturated heterocycles. The Kier molecular flexibility index (Phi) is 4.96. The Morgan fingerprint density at radius 1 is 1.29 bits per heavy atom. The van der Waals surface area contributed by atoms with Crippen molar-refractivity contribution >= 4 is 33.1 Å². The quantitative estimate of drug-likeness (QED) is 0.640. The van der Waals surface area contributed by atoms with Gasteiger partial charge in [-0.2, -0.15) is 0 Å². The normalized spacial score (nSPS) is 11.2. The zero-order chi connectivity index (χ0) is 12.9. The van der Waals surface area contributed by atoms with Gasteiger partial charge in [-0.1, -0.05) is 0 Å². The molecule has 94 valence electrons. The fourth-order valence-electron chi connectivity index (χ4n) is 1.21. The Hall–Kier alpha value is -1.07. The monoisotopic (exact) mass is 275 g/mol. The maximum atomic E-state index is 11.5. The van der Waals surface area contributed by atoms with Gasteiger partial charge in [0.05, 0.1) is 5.75 Å². The molecule has 0 saturated carbocycles. The van der Waals surface area contributed by atoms with Gasteiger partial charge in [0.25, 0.3) is 0 Å². The van der Waals surface area contributed by atoms with Crippen LogP contribution in [0, 0.1) is 0 Å². The zero-order valence-corrected chi connectivity index (χ0v) is 11.0. The minimum absolute atomic E-state index is 0.0138. The molecule has 17 heavy (non-hydrogen) atoms. The maximum absolute atomic E-state index is 11.5. The molecule has 0 aliphatic heterocycles. The first-order valence-electron chi connectivity index (χ1n) is 5.18. The first-order valence-corrected chi connectivity index (χ1v) is 7.37. The van der Waals surface area contributed by atoms with Gasteiger partial charge in [-0.15, -0.1) is 11.6 Å². The molecule has 0 atom stereocenters. The van der Waals surface area contributed by atoms with Gasteiger partial charge in [-0.05, 0) is 31.2 Å². The van der Waals surface area contributed by atoms with Crippen molar-refractivity contribution in [3.63, 3.8) is 0 Å². The number of carbonyl (C=O) groups is 1. The average molecular weight is 276 g/mol. The fraction of sp³-hybridized carbons (Fsp3) is 0.364. The molecule has 1 aromatic rings. The van der Waals surface area contributed by atoms with Crippen LogP contribution in [0.25, 0.3) is 0 Å². The number of benzene rings is 1. The van der Waals surface area contributed by atoms with Crippen molar-refractivity contribution in [2.75, 3.05) is 16.4 Å². The molecule has 0 aromatic heterocycles. The number of hydrogen-bond acceptors (Lipinski definition) is 3. The second-order valence-electron chi connectivity index (χ2n) is 3.44. The lowest BCUT2D eigenvalue weighted by atomic mass is 10.1. The number of nitrogens with one attached hydrogen (secondary N) is 1. The van der Waals surface area contributed by atoms with Crippen molar-refractivity contribution in [1.29, 1.82) is 0 Å². The Bertz CT molecular complexity index is 482. The lowest BCUT2D eigenvalue weighted by molar-refractivity contribution is 0.0989. The smallest absolute Gasteiger partial charge is 0.232 e. The van der Waals surface area contributed by atoms with E-state index >= 15 is 0 Å². The van der Waals surface area contributed by atoms with Crippen molar-refractivity contribution in [3.05, 3.63) is 29.8 Å². The van der Waals surface area contributed by atoms with Crippen LogP contribution in [0.3, 0.4) is 0 Å². The topological polar surface area (TPSA) is 63.2 Å². The van der Waals surface area contributed by atoms with Crippen LogP contribution in [0.1, 0.15) is 23.7 Å². The second kappa shape index (κ2) is 6.02. The van der Waals surface area contributed by atoms with Crippen LogP contribution in [0.5, 0.6) is 0 Å². The molecular formula is C11H14ClNO3S. The van der Waals surface area contributed by atoms with Gasteiger partial charge < -0.3 is 0 Å². The predicted molar refractivity (Wildman–Crippen MR) is 69.2 cm³/mol. The van der Waals surface area contributed by atoms with Crippen LogP contribution in [0.2, 0.25) is 0 Å². The molecule has 0 aliphatic rings. The van der Waals surface area contributed by atoms with E-state index in [0.29, 0.717) is 11.3 Å². The lowest BCUT2D eigenvalue weighted by Crippen LogP contribution is -2.14. The molecule has 0 unspecified atom stereocenters. The number of Topliss-reactive ketones (excluding diaryl/α,β-unsaturated/α-hetero) is 1. The Labute approximate surface area is 106 Å². The number of hydrogen-bond donors (Lipinski definition) is 1. The summed E-state index contributed by atoms with van der Waals surface area (Å²) in [6.45, 7) is 1.56. The summed E-state index contributed by atoms with van der Waals surface area (Å²) in [6.07, 6.45) is 0.279. The Balaban J connectivity index is 2.78. The summed E-state index contributed by atoms with van der Waals surface area (Å²) >= 11 is 5.47. The van der Waals surface area contributed by atoms with Crippen LogP contribution >= 0.6 is 11.6 Å². The number of carbonyl (C=O) groups excluding carboxylic acids is 1. The number of alkyl halides is 1. The molecule has 0 amide bonds. The number of ketones is 1. The van der Waals surface area contributed by atoms with E-state index in [9.17, 15) is 13.2 Å². The fourth-order valence-corrected chi connectivity index (χ4v) is 2.02. The number of halogens is 1.